The zero-order valence-corrected chi connectivity index (χ0v) is 11.7. The summed E-state index contributed by atoms with van der Waals surface area (Å²) >= 11 is 2.34. The minimum Gasteiger partial charge on any atom is -0.501 e. The quantitative estimate of drug-likeness (QED) is 0.485. The Morgan fingerprint density at radius 3 is 2.94 bits per heavy atom. The van der Waals surface area contributed by atoms with E-state index in [2.05, 4.69) is 51.0 Å². The van der Waals surface area contributed by atoms with Gasteiger partial charge < -0.3 is 4.74 Å². The summed E-state index contributed by atoms with van der Waals surface area (Å²) < 4.78 is 6.12. The minimum atomic E-state index is 0.663. The average Bonchev–Trinajstić information content (AvgIpc) is 2.38. The van der Waals surface area contributed by atoms with Gasteiger partial charge in [0.1, 0.15) is 0 Å². The molecule has 0 N–H and O–H groups in total. The van der Waals surface area contributed by atoms with Crippen molar-refractivity contribution >= 4 is 39.6 Å². The van der Waals surface area contributed by atoms with Crippen LogP contribution in [0.15, 0.2) is 30.5 Å². The molecule has 0 spiro atoms. The maximum atomic E-state index is 5.14. The van der Waals surface area contributed by atoms with Crippen LogP contribution >= 0.6 is 22.6 Å². The second-order valence-corrected chi connectivity index (χ2v) is 4.32. The summed E-state index contributed by atoms with van der Waals surface area (Å²) in [5.74, 6) is 0. The minimum absolute atomic E-state index is 0.663. The fraction of sp³-hybridized carbons (Fsp3) is 0.231. The van der Waals surface area contributed by atoms with Crippen molar-refractivity contribution in [1.82, 2.24) is 10.2 Å². The number of hydrogen-bond acceptors (Lipinski definition) is 3. The number of ether oxygens (including phenoxy) is 1. The highest BCUT2D eigenvalue weighted by atomic mass is 127. The molecule has 1 aromatic heterocycles. The zero-order chi connectivity index (χ0) is 12.1. The summed E-state index contributed by atoms with van der Waals surface area (Å²) in [6, 6.07) is 8.28. The fourth-order valence-electron chi connectivity index (χ4n) is 1.48. The molecule has 0 aliphatic rings. The SMILES string of the molecule is CCO/C=C/c1cc2ccc(CI)cc2nn1. The lowest BCUT2D eigenvalue weighted by atomic mass is 10.1. The van der Waals surface area contributed by atoms with Gasteiger partial charge in [-0.25, -0.2) is 0 Å². The Morgan fingerprint density at radius 2 is 2.18 bits per heavy atom. The van der Waals surface area contributed by atoms with E-state index < -0.39 is 0 Å². The Labute approximate surface area is 114 Å². The highest BCUT2D eigenvalue weighted by molar-refractivity contribution is 14.1. The molecule has 0 bridgehead atoms. The molecule has 0 atom stereocenters. The summed E-state index contributed by atoms with van der Waals surface area (Å²) in [5.41, 5.74) is 3.02. The van der Waals surface area contributed by atoms with E-state index in [0.717, 1.165) is 21.0 Å². The number of alkyl halides is 1. The predicted octanol–water partition coefficient (Wildman–Crippen LogP) is 3.57. The zero-order valence-electron chi connectivity index (χ0n) is 9.56. The van der Waals surface area contributed by atoms with Crippen molar-refractivity contribution < 1.29 is 4.74 Å². The lowest BCUT2D eigenvalue weighted by Gasteiger charge is -2.00. The number of nitrogens with zero attached hydrogens (tertiary/aromatic N) is 2. The van der Waals surface area contributed by atoms with Crippen LogP contribution in [0.25, 0.3) is 17.0 Å². The predicted molar refractivity (Wildman–Crippen MR) is 77.9 cm³/mol. The first kappa shape index (κ1) is 12.3. The number of benzene rings is 1. The molecule has 0 radical (unpaired) electrons. The molecule has 1 heterocycles. The third-order valence-corrected chi connectivity index (χ3v) is 3.21. The van der Waals surface area contributed by atoms with Gasteiger partial charge in [-0.05, 0) is 24.6 Å². The van der Waals surface area contributed by atoms with Gasteiger partial charge in [-0.15, -0.1) is 5.10 Å². The van der Waals surface area contributed by atoms with Crippen LogP contribution in [0.4, 0.5) is 0 Å². The molecule has 2 rings (SSSR count). The van der Waals surface area contributed by atoms with Gasteiger partial charge in [0.15, 0.2) is 0 Å². The first-order valence-electron chi connectivity index (χ1n) is 5.44. The highest BCUT2D eigenvalue weighted by Crippen LogP contribution is 2.16. The van der Waals surface area contributed by atoms with Gasteiger partial charge in [0.2, 0.25) is 0 Å². The summed E-state index contributed by atoms with van der Waals surface area (Å²) in [6.07, 6.45) is 3.47. The molecule has 88 valence electrons. The molecule has 4 heteroatoms. The number of fused-ring (bicyclic) bond motifs is 1. The van der Waals surface area contributed by atoms with E-state index in [1.165, 1.54) is 5.56 Å². The normalized spacial score (nSPS) is 11.2. The number of halogens is 1. The number of aromatic nitrogens is 2. The van der Waals surface area contributed by atoms with Crippen molar-refractivity contribution in [3.05, 3.63) is 41.8 Å². The Bertz CT molecular complexity index is 540. The molecule has 1 aromatic carbocycles. The number of hydrogen-bond donors (Lipinski definition) is 0. The van der Waals surface area contributed by atoms with Crippen LogP contribution in [0, 0.1) is 0 Å². The van der Waals surface area contributed by atoms with Crippen molar-refractivity contribution in [3.63, 3.8) is 0 Å². The van der Waals surface area contributed by atoms with Crippen molar-refractivity contribution in [2.75, 3.05) is 6.61 Å². The van der Waals surface area contributed by atoms with Gasteiger partial charge in [-0.1, -0.05) is 34.7 Å². The van der Waals surface area contributed by atoms with Crippen molar-refractivity contribution in [3.8, 4) is 0 Å². The van der Waals surface area contributed by atoms with E-state index in [1.54, 1.807) is 6.26 Å². The van der Waals surface area contributed by atoms with Gasteiger partial charge in [0.25, 0.3) is 0 Å². The molecular formula is C13H13IN2O. The maximum absolute atomic E-state index is 5.14. The van der Waals surface area contributed by atoms with E-state index >= 15 is 0 Å². The van der Waals surface area contributed by atoms with Gasteiger partial charge in [-0.3, -0.25) is 0 Å². The van der Waals surface area contributed by atoms with Crippen LogP contribution in [0.1, 0.15) is 18.2 Å². The molecule has 3 nitrogen and oxygen atoms in total. The Balaban J connectivity index is 2.31. The molecule has 0 aliphatic carbocycles. The molecule has 2 aromatic rings. The van der Waals surface area contributed by atoms with E-state index in [9.17, 15) is 0 Å². The number of rotatable bonds is 4. The Hall–Kier alpha value is -1.17. The Kier molecular flexibility index (Phi) is 4.30. The molecular weight excluding hydrogens is 327 g/mol. The Morgan fingerprint density at radius 1 is 1.29 bits per heavy atom. The fourth-order valence-corrected chi connectivity index (χ4v) is 1.95. The molecule has 17 heavy (non-hydrogen) atoms. The monoisotopic (exact) mass is 340 g/mol. The second kappa shape index (κ2) is 5.95. The van der Waals surface area contributed by atoms with Gasteiger partial charge in [0, 0.05) is 15.9 Å². The summed E-state index contributed by atoms with van der Waals surface area (Å²) in [6.45, 7) is 2.61. The molecule has 0 aliphatic heterocycles. The lowest BCUT2D eigenvalue weighted by molar-refractivity contribution is 0.272. The topological polar surface area (TPSA) is 35.0 Å². The molecule has 0 saturated carbocycles. The van der Waals surface area contributed by atoms with E-state index in [0.29, 0.717) is 6.61 Å². The van der Waals surface area contributed by atoms with Gasteiger partial charge in [0.05, 0.1) is 24.1 Å². The van der Waals surface area contributed by atoms with E-state index in [4.69, 9.17) is 4.74 Å². The second-order valence-electron chi connectivity index (χ2n) is 3.55. The average molecular weight is 340 g/mol. The van der Waals surface area contributed by atoms with Crippen LogP contribution < -0.4 is 0 Å². The molecule has 0 fully saturated rings. The van der Waals surface area contributed by atoms with Crippen molar-refractivity contribution in [2.24, 2.45) is 0 Å². The maximum Gasteiger partial charge on any atom is 0.0933 e. The van der Waals surface area contributed by atoms with Gasteiger partial charge in [-0.2, -0.15) is 5.10 Å². The van der Waals surface area contributed by atoms with Crippen molar-refractivity contribution in [1.29, 1.82) is 0 Å². The highest BCUT2D eigenvalue weighted by Gasteiger charge is 1.99. The molecule has 0 amide bonds. The van der Waals surface area contributed by atoms with E-state index in [-0.39, 0.29) is 0 Å². The summed E-state index contributed by atoms with van der Waals surface area (Å²) in [7, 11) is 0. The van der Waals surface area contributed by atoms with E-state index in [1.807, 2.05) is 19.1 Å². The van der Waals surface area contributed by atoms with Crippen LogP contribution in [0.3, 0.4) is 0 Å². The molecule has 0 unspecified atom stereocenters. The summed E-state index contributed by atoms with van der Waals surface area (Å²) in [4.78, 5) is 0. The standard InChI is InChI=1S/C13H13IN2O/c1-2-17-6-5-12-8-11-4-3-10(9-14)7-13(11)16-15-12/h3-8H,2,9H2,1H3/b6-5+. The van der Waals surface area contributed by atoms with Crippen LogP contribution in [-0.4, -0.2) is 16.8 Å². The molecule has 0 saturated heterocycles. The lowest BCUT2D eigenvalue weighted by Crippen LogP contribution is -1.89. The first-order chi connectivity index (χ1) is 8.33. The largest absolute Gasteiger partial charge is 0.501 e. The van der Waals surface area contributed by atoms with Gasteiger partial charge >= 0.3 is 0 Å². The summed E-state index contributed by atoms with van der Waals surface area (Å²) in [5, 5.41) is 9.44. The third-order valence-electron chi connectivity index (χ3n) is 2.33. The smallest absolute Gasteiger partial charge is 0.0933 e. The van der Waals surface area contributed by atoms with Crippen LogP contribution in [0.2, 0.25) is 0 Å². The third kappa shape index (κ3) is 3.15. The van der Waals surface area contributed by atoms with Crippen molar-refractivity contribution in [2.45, 2.75) is 11.4 Å². The van der Waals surface area contributed by atoms with Crippen LogP contribution in [0.5, 0.6) is 0 Å². The van der Waals surface area contributed by atoms with Crippen LogP contribution in [-0.2, 0) is 9.16 Å². The first-order valence-corrected chi connectivity index (χ1v) is 6.96.